The van der Waals surface area contributed by atoms with Crippen LogP contribution < -0.4 is 14.8 Å². The highest BCUT2D eigenvalue weighted by molar-refractivity contribution is 6.04. The van der Waals surface area contributed by atoms with Crippen LogP contribution in [0.25, 0.3) is 10.9 Å². The lowest BCUT2D eigenvalue weighted by Gasteiger charge is -2.26. The maximum Gasteiger partial charge on any atom is 0.340 e. The van der Waals surface area contributed by atoms with Gasteiger partial charge in [-0.1, -0.05) is 30.3 Å². The third kappa shape index (κ3) is 3.64. The highest BCUT2D eigenvalue weighted by atomic mass is 16.6. The van der Waals surface area contributed by atoms with Crippen LogP contribution in [0, 0.1) is 0 Å². The van der Waals surface area contributed by atoms with Crippen LogP contribution in [0.1, 0.15) is 10.4 Å². The van der Waals surface area contributed by atoms with Crippen molar-refractivity contribution in [1.29, 1.82) is 0 Å². The van der Waals surface area contributed by atoms with Crippen LogP contribution in [0.15, 0.2) is 54.7 Å². The highest BCUT2D eigenvalue weighted by Crippen LogP contribution is 2.30. The minimum atomic E-state index is -0.530. The van der Waals surface area contributed by atoms with Gasteiger partial charge < -0.3 is 24.1 Å². The number of rotatable bonds is 5. The van der Waals surface area contributed by atoms with Gasteiger partial charge in [-0.3, -0.25) is 4.79 Å². The molecule has 0 bridgehead atoms. The lowest BCUT2D eigenvalue weighted by molar-refractivity contribution is -0.124. The summed E-state index contributed by atoms with van der Waals surface area (Å²) in [4.78, 5) is 24.4. The predicted molar refractivity (Wildman–Crippen MR) is 103 cm³/mol. The van der Waals surface area contributed by atoms with Crippen molar-refractivity contribution in [2.45, 2.75) is 6.10 Å². The number of ether oxygens (including phenoxy) is 3. The number of esters is 1. The van der Waals surface area contributed by atoms with Crippen molar-refractivity contribution in [2.75, 3.05) is 19.8 Å². The van der Waals surface area contributed by atoms with Crippen LogP contribution in [0.3, 0.4) is 0 Å². The molecular weight excluding hydrogens is 360 g/mol. The molecule has 1 aromatic heterocycles. The zero-order valence-corrected chi connectivity index (χ0v) is 15.4. The average molecular weight is 380 g/mol. The molecule has 28 heavy (non-hydrogen) atoms. The standard InChI is InChI=1S/C21H20N2O5/c1-23-11-16(15-6-2-3-7-17(15)23)21(25)27-13-20(24)22-10-14-12-26-18-8-4-5-9-19(18)28-14/h2-9,11,14H,10,12-13H2,1H3,(H,22,24). The van der Waals surface area contributed by atoms with Crippen molar-refractivity contribution < 1.29 is 23.8 Å². The summed E-state index contributed by atoms with van der Waals surface area (Å²) < 4.78 is 18.4. The smallest absolute Gasteiger partial charge is 0.340 e. The molecule has 0 saturated heterocycles. The van der Waals surface area contributed by atoms with E-state index < -0.39 is 11.9 Å². The minimum absolute atomic E-state index is 0.263. The predicted octanol–water partition coefficient (Wildman–Crippen LogP) is 2.29. The van der Waals surface area contributed by atoms with Crippen LogP contribution in [0.4, 0.5) is 0 Å². The number of fused-ring (bicyclic) bond motifs is 2. The third-order valence-electron chi connectivity index (χ3n) is 4.55. The van der Waals surface area contributed by atoms with Crippen LogP contribution >= 0.6 is 0 Å². The summed E-state index contributed by atoms with van der Waals surface area (Å²) in [5, 5.41) is 3.50. The molecule has 144 valence electrons. The van der Waals surface area contributed by atoms with E-state index in [2.05, 4.69) is 5.32 Å². The molecular formula is C21H20N2O5. The molecule has 7 heteroatoms. The van der Waals surface area contributed by atoms with Gasteiger partial charge in [0.15, 0.2) is 18.1 Å². The number of hydrogen-bond acceptors (Lipinski definition) is 5. The van der Waals surface area contributed by atoms with Gasteiger partial charge in [0, 0.05) is 24.1 Å². The summed E-state index contributed by atoms with van der Waals surface area (Å²) in [6, 6.07) is 14.9. The third-order valence-corrected chi connectivity index (χ3v) is 4.55. The molecule has 1 N–H and O–H groups in total. The van der Waals surface area contributed by atoms with E-state index >= 15 is 0 Å². The normalized spacial score (nSPS) is 15.2. The van der Waals surface area contributed by atoms with E-state index in [9.17, 15) is 9.59 Å². The molecule has 2 aromatic carbocycles. The van der Waals surface area contributed by atoms with Gasteiger partial charge in [-0.15, -0.1) is 0 Å². The van der Waals surface area contributed by atoms with Crippen molar-refractivity contribution in [3.8, 4) is 11.5 Å². The first kappa shape index (κ1) is 17.9. The van der Waals surface area contributed by atoms with Crippen molar-refractivity contribution in [2.24, 2.45) is 7.05 Å². The Morgan fingerprint density at radius 3 is 2.75 bits per heavy atom. The quantitative estimate of drug-likeness (QED) is 0.687. The Kier molecular flexibility index (Phi) is 4.89. The van der Waals surface area contributed by atoms with E-state index in [0.29, 0.717) is 23.7 Å². The Hall–Kier alpha value is -3.48. The molecule has 1 amide bonds. The fraction of sp³-hybridized carbons (Fsp3) is 0.238. The van der Waals surface area contributed by atoms with Gasteiger partial charge in [-0.2, -0.15) is 0 Å². The van der Waals surface area contributed by atoms with E-state index in [-0.39, 0.29) is 19.3 Å². The second-order valence-electron chi connectivity index (χ2n) is 6.55. The first-order chi connectivity index (χ1) is 13.6. The Labute approximate surface area is 161 Å². The zero-order chi connectivity index (χ0) is 19.5. The van der Waals surface area contributed by atoms with E-state index in [1.54, 1.807) is 6.20 Å². The lowest BCUT2D eigenvalue weighted by Crippen LogP contribution is -2.42. The number of carbonyl (C=O) groups is 2. The maximum atomic E-state index is 12.4. The van der Waals surface area contributed by atoms with Gasteiger partial charge in [0.25, 0.3) is 5.91 Å². The molecule has 0 fully saturated rings. The molecule has 4 rings (SSSR count). The van der Waals surface area contributed by atoms with Gasteiger partial charge in [-0.25, -0.2) is 4.79 Å². The molecule has 1 unspecified atom stereocenters. The SMILES string of the molecule is Cn1cc(C(=O)OCC(=O)NCC2COc3ccccc3O2)c2ccccc21. The number of carbonyl (C=O) groups excluding carboxylic acids is 2. The lowest BCUT2D eigenvalue weighted by atomic mass is 10.2. The molecule has 1 atom stereocenters. The molecule has 1 aliphatic rings. The number of benzene rings is 2. The molecule has 0 spiro atoms. The average Bonchev–Trinajstić information content (AvgIpc) is 3.07. The molecule has 3 aromatic rings. The van der Waals surface area contributed by atoms with Crippen LogP contribution in [0.5, 0.6) is 11.5 Å². The maximum absolute atomic E-state index is 12.4. The fourth-order valence-electron chi connectivity index (χ4n) is 3.16. The first-order valence-corrected chi connectivity index (χ1v) is 8.98. The van der Waals surface area contributed by atoms with Gasteiger partial charge in [0.2, 0.25) is 0 Å². The Morgan fingerprint density at radius 1 is 1.14 bits per heavy atom. The zero-order valence-electron chi connectivity index (χ0n) is 15.4. The minimum Gasteiger partial charge on any atom is -0.486 e. The molecule has 7 nitrogen and oxygen atoms in total. The largest absolute Gasteiger partial charge is 0.486 e. The summed E-state index contributed by atoms with van der Waals surface area (Å²) in [5.41, 5.74) is 1.36. The van der Waals surface area contributed by atoms with E-state index in [1.165, 1.54) is 0 Å². The monoisotopic (exact) mass is 380 g/mol. The van der Waals surface area contributed by atoms with E-state index in [4.69, 9.17) is 14.2 Å². The van der Waals surface area contributed by atoms with Crippen molar-refractivity contribution in [3.63, 3.8) is 0 Å². The second-order valence-corrected chi connectivity index (χ2v) is 6.55. The van der Waals surface area contributed by atoms with E-state index in [1.807, 2.05) is 60.1 Å². The van der Waals surface area contributed by atoms with Gasteiger partial charge in [0.1, 0.15) is 12.7 Å². The second kappa shape index (κ2) is 7.64. The van der Waals surface area contributed by atoms with Crippen molar-refractivity contribution >= 4 is 22.8 Å². The van der Waals surface area contributed by atoms with Crippen molar-refractivity contribution in [3.05, 3.63) is 60.3 Å². The molecule has 2 heterocycles. The summed E-state index contributed by atoms with van der Waals surface area (Å²) in [6.45, 7) is 0.248. The summed E-state index contributed by atoms with van der Waals surface area (Å²) >= 11 is 0. The molecule has 1 aliphatic heterocycles. The summed E-state index contributed by atoms with van der Waals surface area (Å²) in [5.74, 6) is 0.415. The molecule has 0 aliphatic carbocycles. The first-order valence-electron chi connectivity index (χ1n) is 8.98. The van der Waals surface area contributed by atoms with Gasteiger partial charge >= 0.3 is 5.97 Å². The number of para-hydroxylation sites is 3. The summed E-state index contributed by atoms with van der Waals surface area (Å²) in [7, 11) is 1.86. The molecule has 0 saturated carbocycles. The number of nitrogens with one attached hydrogen (secondary N) is 1. The Balaban J connectivity index is 1.28. The van der Waals surface area contributed by atoms with Crippen LogP contribution in [0.2, 0.25) is 0 Å². The van der Waals surface area contributed by atoms with Gasteiger partial charge in [0.05, 0.1) is 12.1 Å². The van der Waals surface area contributed by atoms with Gasteiger partial charge in [-0.05, 0) is 18.2 Å². The number of aryl methyl sites for hydroxylation is 1. The topological polar surface area (TPSA) is 78.8 Å². The fourth-order valence-corrected chi connectivity index (χ4v) is 3.16. The van der Waals surface area contributed by atoms with E-state index in [0.717, 1.165) is 10.9 Å². The number of amides is 1. The number of nitrogens with zero attached hydrogens (tertiary/aromatic N) is 1. The highest BCUT2D eigenvalue weighted by Gasteiger charge is 2.21. The number of hydrogen-bond donors (Lipinski definition) is 1. The Morgan fingerprint density at radius 2 is 1.89 bits per heavy atom. The number of aromatic nitrogens is 1. The summed E-state index contributed by atoms with van der Waals surface area (Å²) in [6.07, 6.45) is 1.41. The Bertz CT molecular complexity index is 1030. The van der Waals surface area contributed by atoms with Crippen molar-refractivity contribution in [1.82, 2.24) is 9.88 Å². The molecule has 0 radical (unpaired) electrons. The van der Waals surface area contributed by atoms with Crippen LogP contribution in [-0.4, -0.2) is 42.3 Å². The van der Waals surface area contributed by atoms with Crippen LogP contribution in [-0.2, 0) is 16.6 Å².